The van der Waals surface area contributed by atoms with Gasteiger partial charge in [0.2, 0.25) is 5.91 Å². The highest BCUT2D eigenvalue weighted by atomic mass is 32.2. The lowest BCUT2D eigenvalue weighted by molar-refractivity contribution is -0.115. The summed E-state index contributed by atoms with van der Waals surface area (Å²) in [5, 5.41) is 5.33. The lowest BCUT2D eigenvalue weighted by Crippen LogP contribution is -2.25. The fourth-order valence-corrected chi connectivity index (χ4v) is 6.52. The molecule has 168 valence electrons. The van der Waals surface area contributed by atoms with Gasteiger partial charge >= 0.3 is 5.97 Å². The van der Waals surface area contributed by atoms with Crippen molar-refractivity contribution in [2.24, 2.45) is 0 Å². The first-order valence-electron chi connectivity index (χ1n) is 11.0. The third-order valence-electron chi connectivity index (χ3n) is 5.95. The number of hydrogen-bond donors (Lipinski definition) is 1. The zero-order chi connectivity index (χ0) is 22.8. The molecule has 1 aromatic carbocycles. The second-order valence-corrected chi connectivity index (χ2v) is 10.5. The van der Waals surface area contributed by atoms with Gasteiger partial charge in [-0.1, -0.05) is 36.9 Å². The van der Waals surface area contributed by atoms with Crippen molar-refractivity contribution >= 4 is 50.9 Å². The van der Waals surface area contributed by atoms with E-state index in [1.54, 1.807) is 0 Å². The molecule has 4 rings (SSSR count). The number of nitrogens with zero attached hydrogens (tertiary/aromatic N) is 1. The van der Waals surface area contributed by atoms with Gasteiger partial charge in [0.25, 0.3) is 0 Å². The zero-order valence-electron chi connectivity index (χ0n) is 18.9. The molecule has 0 saturated heterocycles. The first-order valence-corrected chi connectivity index (χ1v) is 12.7. The molecule has 0 bridgehead atoms. The average Bonchev–Trinajstić information content (AvgIpc) is 3.15. The Bertz CT molecular complexity index is 1190. The normalized spacial score (nSPS) is 14.1. The number of thioether (sulfide) groups is 1. The number of ether oxygens (including phenoxy) is 1. The number of methoxy groups -OCH3 is 1. The molecule has 0 aliphatic heterocycles. The number of rotatable bonds is 6. The van der Waals surface area contributed by atoms with E-state index in [0.29, 0.717) is 17.0 Å². The number of anilines is 1. The number of aromatic nitrogens is 1. The van der Waals surface area contributed by atoms with Crippen LogP contribution in [-0.4, -0.2) is 29.2 Å². The van der Waals surface area contributed by atoms with Crippen molar-refractivity contribution in [1.29, 1.82) is 0 Å². The topological polar surface area (TPSA) is 68.3 Å². The summed E-state index contributed by atoms with van der Waals surface area (Å²) < 4.78 is 5.03. The quantitative estimate of drug-likeness (QED) is 0.350. The summed E-state index contributed by atoms with van der Waals surface area (Å²) in [4.78, 5) is 31.8. The van der Waals surface area contributed by atoms with Gasteiger partial charge in [0.1, 0.15) is 5.00 Å². The number of nitrogens with one attached hydrogen (secondary N) is 1. The Morgan fingerprint density at radius 2 is 2.00 bits per heavy atom. The van der Waals surface area contributed by atoms with Crippen molar-refractivity contribution in [2.45, 2.75) is 63.2 Å². The van der Waals surface area contributed by atoms with E-state index in [4.69, 9.17) is 9.72 Å². The Balaban J connectivity index is 1.59. The number of fused-ring (bicyclic) bond motifs is 2. The molecule has 0 spiro atoms. The molecule has 7 heteroatoms. The third-order valence-corrected chi connectivity index (χ3v) is 8.44. The number of benzene rings is 1. The van der Waals surface area contributed by atoms with Crippen LogP contribution in [0.4, 0.5) is 5.00 Å². The molecule has 0 saturated carbocycles. The van der Waals surface area contributed by atoms with E-state index in [0.717, 1.165) is 58.3 Å². The van der Waals surface area contributed by atoms with Crippen molar-refractivity contribution in [3.63, 3.8) is 0 Å². The van der Waals surface area contributed by atoms with Crippen LogP contribution < -0.4 is 5.32 Å². The van der Waals surface area contributed by atoms with Gasteiger partial charge in [0.15, 0.2) is 0 Å². The summed E-state index contributed by atoms with van der Waals surface area (Å²) in [5.74, 6) is -0.478. The standard InChI is InChI=1S/C25H28N2O3S2/c1-5-18(31-20-13-15(3)16-11-8-9-14(2)22(16)26-20)23(28)27-24-21(25(29)30-4)17-10-6-7-12-19(17)32-24/h8-9,11,13,18H,5-7,10,12H2,1-4H3,(H,27,28). The summed E-state index contributed by atoms with van der Waals surface area (Å²) in [6.45, 7) is 6.13. The van der Waals surface area contributed by atoms with Crippen LogP contribution in [0.2, 0.25) is 0 Å². The smallest absolute Gasteiger partial charge is 0.341 e. The van der Waals surface area contributed by atoms with E-state index in [9.17, 15) is 9.59 Å². The van der Waals surface area contributed by atoms with E-state index in [1.165, 1.54) is 35.1 Å². The molecule has 1 amide bonds. The van der Waals surface area contributed by atoms with Crippen LogP contribution in [0.5, 0.6) is 0 Å². The second-order valence-electron chi connectivity index (χ2n) is 8.16. The zero-order valence-corrected chi connectivity index (χ0v) is 20.5. The van der Waals surface area contributed by atoms with Crippen LogP contribution in [0.1, 0.15) is 58.1 Å². The van der Waals surface area contributed by atoms with Gasteiger partial charge in [0, 0.05) is 10.3 Å². The molecule has 1 atom stereocenters. The number of carbonyl (C=O) groups excluding carboxylic acids is 2. The Morgan fingerprint density at radius 1 is 1.22 bits per heavy atom. The Labute approximate surface area is 197 Å². The highest BCUT2D eigenvalue weighted by molar-refractivity contribution is 8.00. The molecular weight excluding hydrogens is 440 g/mol. The molecule has 2 aromatic heterocycles. The minimum atomic E-state index is -0.373. The molecule has 1 aliphatic carbocycles. The second kappa shape index (κ2) is 9.63. The Kier molecular flexibility index (Phi) is 6.86. The van der Waals surface area contributed by atoms with E-state index in [-0.39, 0.29) is 17.1 Å². The van der Waals surface area contributed by atoms with Gasteiger partial charge in [-0.3, -0.25) is 4.79 Å². The molecule has 1 unspecified atom stereocenters. The molecule has 1 N–H and O–H groups in total. The maximum absolute atomic E-state index is 13.2. The highest BCUT2D eigenvalue weighted by Gasteiger charge is 2.28. The van der Waals surface area contributed by atoms with Gasteiger partial charge in [-0.05, 0) is 68.7 Å². The van der Waals surface area contributed by atoms with Crippen molar-refractivity contribution in [2.75, 3.05) is 12.4 Å². The fraction of sp³-hybridized carbons (Fsp3) is 0.400. The summed E-state index contributed by atoms with van der Waals surface area (Å²) in [5.41, 5.74) is 4.83. The maximum atomic E-state index is 13.2. The van der Waals surface area contributed by atoms with Crippen molar-refractivity contribution in [1.82, 2.24) is 4.98 Å². The van der Waals surface area contributed by atoms with Crippen molar-refractivity contribution < 1.29 is 14.3 Å². The summed E-state index contributed by atoms with van der Waals surface area (Å²) in [6, 6.07) is 8.23. The van der Waals surface area contributed by atoms with Crippen LogP contribution >= 0.6 is 23.1 Å². The number of esters is 1. The Hall–Kier alpha value is -2.38. The van der Waals surface area contributed by atoms with Crippen molar-refractivity contribution in [3.8, 4) is 0 Å². The molecule has 2 heterocycles. The first kappa shape index (κ1) is 22.8. The number of hydrogen-bond acceptors (Lipinski definition) is 6. The maximum Gasteiger partial charge on any atom is 0.341 e. The van der Waals surface area contributed by atoms with Crippen LogP contribution in [0.3, 0.4) is 0 Å². The number of pyridine rings is 1. The van der Waals surface area contributed by atoms with Crippen LogP contribution in [-0.2, 0) is 22.4 Å². The number of aryl methyl sites for hydroxylation is 3. The van der Waals surface area contributed by atoms with E-state index < -0.39 is 0 Å². The molecule has 0 fully saturated rings. The number of thiophene rings is 1. The number of amides is 1. The van der Waals surface area contributed by atoms with E-state index in [1.807, 2.05) is 19.1 Å². The third kappa shape index (κ3) is 4.41. The van der Waals surface area contributed by atoms with Crippen LogP contribution in [0, 0.1) is 13.8 Å². The van der Waals surface area contributed by atoms with Crippen LogP contribution in [0.25, 0.3) is 10.9 Å². The van der Waals surface area contributed by atoms with Gasteiger partial charge in [-0.2, -0.15) is 0 Å². The monoisotopic (exact) mass is 468 g/mol. The van der Waals surface area contributed by atoms with Crippen LogP contribution in [0.15, 0.2) is 29.3 Å². The molecule has 1 aliphatic rings. The predicted octanol–water partition coefficient (Wildman–Crippen LogP) is 6.09. The SMILES string of the molecule is CCC(Sc1cc(C)c2cccc(C)c2n1)C(=O)Nc1sc2c(c1C(=O)OC)CCCC2. The van der Waals surface area contributed by atoms with Gasteiger partial charge in [0.05, 0.1) is 28.5 Å². The molecule has 0 radical (unpaired) electrons. The van der Waals surface area contributed by atoms with Gasteiger partial charge in [-0.25, -0.2) is 9.78 Å². The molecule has 5 nitrogen and oxygen atoms in total. The summed E-state index contributed by atoms with van der Waals surface area (Å²) >= 11 is 2.99. The van der Waals surface area contributed by atoms with E-state index >= 15 is 0 Å². The lowest BCUT2D eigenvalue weighted by atomic mass is 9.95. The number of carbonyl (C=O) groups is 2. The average molecular weight is 469 g/mol. The lowest BCUT2D eigenvalue weighted by Gasteiger charge is -2.16. The minimum absolute atomic E-state index is 0.106. The van der Waals surface area contributed by atoms with Crippen molar-refractivity contribution in [3.05, 3.63) is 51.4 Å². The predicted molar refractivity (Wildman–Crippen MR) is 132 cm³/mol. The fourth-order valence-electron chi connectivity index (χ4n) is 4.22. The highest BCUT2D eigenvalue weighted by Crippen LogP contribution is 2.39. The molecule has 3 aromatic rings. The molecule has 32 heavy (non-hydrogen) atoms. The molecular formula is C25H28N2O3S2. The summed E-state index contributed by atoms with van der Waals surface area (Å²) in [7, 11) is 1.39. The van der Waals surface area contributed by atoms with Gasteiger partial charge < -0.3 is 10.1 Å². The minimum Gasteiger partial charge on any atom is -0.465 e. The van der Waals surface area contributed by atoms with Gasteiger partial charge in [-0.15, -0.1) is 11.3 Å². The Morgan fingerprint density at radius 3 is 2.75 bits per heavy atom. The summed E-state index contributed by atoms with van der Waals surface area (Å²) in [6.07, 6.45) is 4.63. The first-order chi connectivity index (χ1) is 15.4. The van der Waals surface area contributed by atoms with E-state index in [2.05, 4.69) is 31.3 Å². The number of para-hydroxylation sites is 1. The largest absolute Gasteiger partial charge is 0.465 e.